The van der Waals surface area contributed by atoms with Crippen LogP contribution in [0.1, 0.15) is 32.1 Å². The topological polar surface area (TPSA) is 38.0 Å². The van der Waals surface area contributed by atoms with Crippen LogP contribution >= 0.6 is 11.6 Å². The molecule has 1 saturated carbocycles. The minimum absolute atomic E-state index is 0.716. The van der Waals surface area contributed by atoms with Crippen LogP contribution < -0.4 is 11.1 Å². The van der Waals surface area contributed by atoms with E-state index in [4.69, 9.17) is 17.3 Å². The molecule has 3 heteroatoms. The standard InChI is InChI=1S/C13H19ClN2/c14-12-8-11(15)6-7-13(12)16-9-10-4-2-1-3-5-10/h6-8,10,16H,1-5,9,15H2. The van der Waals surface area contributed by atoms with Crippen molar-refractivity contribution in [1.29, 1.82) is 0 Å². The highest BCUT2D eigenvalue weighted by Crippen LogP contribution is 2.27. The lowest BCUT2D eigenvalue weighted by Crippen LogP contribution is -2.17. The molecular formula is C13H19ClN2. The molecule has 0 unspecified atom stereocenters. The molecule has 16 heavy (non-hydrogen) atoms. The van der Waals surface area contributed by atoms with Crippen molar-refractivity contribution in [1.82, 2.24) is 0 Å². The summed E-state index contributed by atoms with van der Waals surface area (Å²) in [6.45, 7) is 1.03. The Kier molecular flexibility index (Phi) is 3.94. The highest BCUT2D eigenvalue weighted by atomic mass is 35.5. The molecule has 0 saturated heterocycles. The maximum absolute atomic E-state index is 6.10. The average molecular weight is 239 g/mol. The van der Waals surface area contributed by atoms with Crippen molar-refractivity contribution < 1.29 is 0 Å². The molecule has 0 heterocycles. The van der Waals surface area contributed by atoms with E-state index in [1.165, 1.54) is 32.1 Å². The molecule has 1 aliphatic rings. The molecule has 0 amide bonds. The van der Waals surface area contributed by atoms with Gasteiger partial charge in [-0.3, -0.25) is 0 Å². The Morgan fingerprint density at radius 1 is 1.25 bits per heavy atom. The highest BCUT2D eigenvalue weighted by molar-refractivity contribution is 6.33. The summed E-state index contributed by atoms with van der Waals surface area (Å²) in [5.41, 5.74) is 7.37. The van der Waals surface area contributed by atoms with Gasteiger partial charge in [-0.2, -0.15) is 0 Å². The van der Waals surface area contributed by atoms with E-state index >= 15 is 0 Å². The lowest BCUT2D eigenvalue weighted by Gasteiger charge is -2.22. The molecule has 1 aliphatic carbocycles. The van der Waals surface area contributed by atoms with Gasteiger partial charge in [-0.25, -0.2) is 0 Å². The monoisotopic (exact) mass is 238 g/mol. The van der Waals surface area contributed by atoms with E-state index in [0.29, 0.717) is 5.69 Å². The summed E-state index contributed by atoms with van der Waals surface area (Å²) in [7, 11) is 0. The average Bonchev–Trinajstić information content (AvgIpc) is 2.29. The predicted molar refractivity (Wildman–Crippen MR) is 70.9 cm³/mol. The summed E-state index contributed by atoms with van der Waals surface area (Å²) in [6, 6.07) is 5.64. The summed E-state index contributed by atoms with van der Waals surface area (Å²) in [5.74, 6) is 0.808. The van der Waals surface area contributed by atoms with E-state index in [0.717, 1.165) is 23.2 Å². The number of benzene rings is 1. The van der Waals surface area contributed by atoms with Gasteiger partial charge in [0.25, 0.3) is 0 Å². The van der Waals surface area contributed by atoms with Gasteiger partial charge in [-0.15, -0.1) is 0 Å². The number of anilines is 2. The van der Waals surface area contributed by atoms with Crippen molar-refractivity contribution in [2.45, 2.75) is 32.1 Å². The van der Waals surface area contributed by atoms with Crippen LogP contribution in [0.3, 0.4) is 0 Å². The summed E-state index contributed by atoms with van der Waals surface area (Å²) in [6.07, 6.45) is 6.85. The van der Waals surface area contributed by atoms with Crippen molar-refractivity contribution in [2.75, 3.05) is 17.6 Å². The molecule has 0 atom stereocenters. The number of nitrogens with two attached hydrogens (primary N) is 1. The molecule has 88 valence electrons. The van der Waals surface area contributed by atoms with Crippen molar-refractivity contribution in [3.63, 3.8) is 0 Å². The molecule has 2 nitrogen and oxygen atoms in total. The number of nitrogen functional groups attached to an aromatic ring is 1. The van der Waals surface area contributed by atoms with Crippen LogP contribution in [0.2, 0.25) is 5.02 Å². The fourth-order valence-corrected chi connectivity index (χ4v) is 2.58. The van der Waals surface area contributed by atoms with Crippen LogP contribution in [0.25, 0.3) is 0 Å². The molecule has 0 bridgehead atoms. The van der Waals surface area contributed by atoms with Gasteiger partial charge < -0.3 is 11.1 Å². The largest absolute Gasteiger partial charge is 0.399 e. The number of halogens is 1. The van der Waals surface area contributed by atoms with Crippen LogP contribution in [-0.2, 0) is 0 Å². The van der Waals surface area contributed by atoms with E-state index in [9.17, 15) is 0 Å². The quantitative estimate of drug-likeness (QED) is 0.784. The molecule has 0 spiro atoms. The second-order valence-electron chi connectivity index (χ2n) is 4.62. The molecule has 1 aromatic rings. The zero-order valence-corrected chi connectivity index (χ0v) is 10.3. The van der Waals surface area contributed by atoms with Gasteiger partial charge in [0, 0.05) is 12.2 Å². The van der Waals surface area contributed by atoms with Gasteiger partial charge in [0.15, 0.2) is 0 Å². The Hall–Kier alpha value is -0.890. The number of hydrogen-bond acceptors (Lipinski definition) is 2. The second-order valence-corrected chi connectivity index (χ2v) is 5.03. The minimum atomic E-state index is 0.716. The van der Waals surface area contributed by atoms with Crippen molar-refractivity contribution in [3.8, 4) is 0 Å². The highest BCUT2D eigenvalue weighted by Gasteiger charge is 2.13. The molecule has 0 aliphatic heterocycles. The maximum atomic E-state index is 6.10. The van der Waals surface area contributed by atoms with E-state index in [-0.39, 0.29) is 0 Å². The minimum Gasteiger partial charge on any atom is -0.399 e. The first-order valence-electron chi connectivity index (χ1n) is 6.04. The Morgan fingerprint density at radius 3 is 2.69 bits per heavy atom. The Balaban J connectivity index is 1.88. The van der Waals surface area contributed by atoms with Crippen LogP contribution in [0.5, 0.6) is 0 Å². The zero-order chi connectivity index (χ0) is 11.4. The van der Waals surface area contributed by atoms with Crippen LogP contribution in [-0.4, -0.2) is 6.54 Å². The fraction of sp³-hybridized carbons (Fsp3) is 0.538. The number of rotatable bonds is 3. The number of hydrogen-bond donors (Lipinski definition) is 2. The van der Waals surface area contributed by atoms with Gasteiger partial charge in [-0.1, -0.05) is 30.9 Å². The molecular weight excluding hydrogens is 220 g/mol. The zero-order valence-electron chi connectivity index (χ0n) is 9.51. The summed E-state index contributed by atoms with van der Waals surface area (Å²) < 4.78 is 0. The fourth-order valence-electron chi connectivity index (χ4n) is 2.32. The third kappa shape index (κ3) is 3.05. The van der Waals surface area contributed by atoms with Crippen molar-refractivity contribution >= 4 is 23.0 Å². The molecule has 1 fully saturated rings. The predicted octanol–water partition coefficient (Wildman–Crippen LogP) is 3.91. The normalized spacial score (nSPS) is 17.3. The lowest BCUT2D eigenvalue weighted by molar-refractivity contribution is 0.373. The maximum Gasteiger partial charge on any atom is 0.0657 e. The first-order chi connectivity index (χ1) is 7.75. The van der Waals surface area contributed by atoms with E-state index < -0.39 is 0 Å². The summed E-state index contributed by atoms with van der Waals surface area (Å²) in [5, 5.41) is 4.14. The van der Waals surface area contributed by atoms with Gasteiger partial charge in [0.1, 0.15) is 0 Å². The van der Waals surface area contributed by atoms with Crippen molar-refractivity contribution in [3.05, 3.63) is 23.2 Å². The smallest absolute Gasteiger partial charge is 0.0657 e. The molecule has 3 N–H and O–H groups in total. The van der Waals surface area contributed by atoms with Crippen molar-refractivity contribution in [2.24, 2.45) is 5.92 Å². The Morgan fingerprint density at radius 2 is 2.00 bits per heavy atom. The van der Waals surface area contributed by atoms with Gasteiger partial charge in [0.2, 0.25) is 0 Å². The van der Waals surface area contributed by atoms with E-state index in [1.807, 2.05) is 12.1 Å². The van der Waals surface area contributed by atoms with Crippen LogP contribution in [0.4, 0.5) is 11.4 Å². The molecule has 1 aromatic carbocycles. The third-order valence-electron chi connectivity index (χ3n) is 3.30. The van der Waals surface area contributed by atoms with E-state index in [1.54, 1.807) is 6.07 Å². The van der Waals surface area contributed by atoms with Gasteiger partial charge >= 0.3 is 0 Å². The first kappa shape index (κ1) is 11.6. The Labute approximate surface area is 102 Å². The number of nitrogens with one attached hydrogen (secondary N) is 1. The van der Waals surface area contributed by atoms with Gasteiger partial charge in [0.05, 0.1) is 10.7 Å². The summed E-state index contributed by atoms with van der Waals surface area (Å²) in [4.78, 5) is 0. The van der Waals surface area contributed by atoms with Crippen LogP contribution in [0, 0.1) is 5.92 Å². The summed E-state index contributed by atoms with van der Waals surface area (Å²) >= 11 is 6.10. The Bertz CT molecular complexity index is 346. The van der Waals surface area contributed by atoms with Gasteiger partial charge in [-0.05, 0) is 37.0 Å². The molecule has 0 radical (unpaired) electrons. The first-order valence-corrected chi connectivity index (χ1v) is 6.42. The van der Waals surface area contributed by atoms with Crippen LogP contribution in [0.15, 0.2) is 18.2 Å². The lowest BCUT2D eigenvalue weighted by atomic mass is 9.89. The third-order valence-corrected chi connectivity index (χ3v) is 3.61. The second kappa shape index (κ2) is 5.44. The molecule has 2 rings (SSSR count). The molecule has 0 aromatic heterocycles. The van der Waals surface area contributed by atoms with E-state index in [2.05, 4.69) is 5.32 Å². The SMILES string of the molecule is Nc1ccc(NCC2CCCCC2)c(Cl)c1.